The summed E-state index contributed by atoms with van der Waals surface area (Å²) in [4.78, 5) is 90.0. The molecule has 0 radical (unpaired) electrons. The SMILES string of the molecule is CC[C@H](C)[C@@H]([C@@H](CC(=O)N1CCC[C@H]1[C@H](OC)[C@@H](C)C(=O)N[C@@H](Cc1ccccc1)C(=O)OC)OC)N(C)C(=O)[C@@H](NC(=O)[C@H](C(C)C)N(C)C(=O)OCc1ccc(N=[N+]=[N-])cc1)C(C)C. The Morgan fingerprint density at radius 2 is 1.50 bits per heavy atom. The zero-order chi connectivity index (χ0) is 49.2. The van der Waals surface area contributed by atoms with Gasteiger partial charge in [0.2, 0.25) is 23.6 Å². The van der Waals surface area contributed by atoms with E-state index in [0.29, 0.717) is 37.1 Å². The van der Waals surface area contributed by atoms with E-state index in [2.05, 4.69) is 20.7 Å². The molecule has 0 saturated carbocycles. The maximum absolute atomic E-state index is 14.6. The standard InChI is InChI=1S/C48H72N8O10/c1-13-31(6)42(54(8)46(60)40(29(2)3)51-45(59)41(30(4)5)55(9)48(62)66-28-34-21-23-35(24-22-34)52-53-49)38(63-10)27-39(57)56-25-17-20-37(56)43(64-11)32(7)44(58)50-36(47(61)65-12)26-33-18-15-14-16-19-33/h14-16,18-19,21-24,29-32,36-38,40-43H,13,17,20,25-28H2,1-12H3,(H,50,58)(H,51,59)/t31-,32+,36-,37-,38+,40-,41-,42-,43+/m0/s1. The van der Waals surface area contributed by atoms with Gasteiger partial charge >= 0.3 is 12.1 Å². The molecule has 1 heterocycles. The van der Waals surface area contributed by atoms with Crippen LogP contribution in [0.5, 0.6) is 0 Å². The first-order valence-corrected chi connectivity index (χ1v) is 22.7. The van der Waals surface area contributed by atoms with Crippen molar-refractivity contribution in [3.8, 4) is 0 Å². The fourth-order valence-corrected chi connectivity index (χ4v) is 8.76. The number of methoxy groups -OCH3 is 3. The van der Waals surface area contributed by atoms with E-state index in [-0.39, 0.29) is 49.0 Å². The minimum atomic E-state index is -0.993. The van der Waals surface area contributed by atoms with E-state index in [1.165, 1.54) is 33.3 Å². The quantitative estimate of drug-likeness (QED) is 0.0527. The Morgan fingerprint density at radius 3 is 2.05 bits per heavy atom. The minimum Gasteiger partial charge on any atom is -0.467 e. The van der Waals surface area contributed by atoms with E-state index >= 15 is 0 Å². The van der Waals surface area contributed by atoms with Gasteiger partial charge in [0.15, 0.2) is 0 Å². The number of esters is 1. The molecule has 9 atom stereocenters. The fraction of sp³-hybridized carbons (Fsp3) is 0.625. The number of carbonyl (C=O) groups excluding carboxylic acids is 6. The highest BCUT2D eigenvalue weighted by Gasteiger charge is 2.44. The zero-order valence-corrected chi connectivity index (χ0v) is 40.8. The third kappa shape index (κ3) is 14.6. The highest BCUT2D eigenvalue weighted by molar-refractivity contribution is 5.92. The van der Waals surface area contributed by atoms with Gasteiger partial charge in [0.1, 0.15) is 24.7 Å². The summed E-state index contributed by atoms with van der Waals surface area (Å²) in [5.41, 5.74) is 10.6. The first kappa shape index (κ1) is 54.6. The number of nitrogens with zero attached hydrogens (tertiary/aromatic N) is 6. The molecule has 18 nitrogen and oxygen atoms in total. The molecule has 5 amide bonds. The van der Waals surface area contributed by atoms with Gasteiger partial charge < -0.3 is 39.4 Å². The van der Waals surface area contributed by atoms with Crippen LogP contribution in [0.2, 0.25) is 0 Å². The smallest absolute Gasteiger partial charge is 0.410 e. The molecule has 364 valence electrons. The predicted octanol–water partition coefficient (Wildman–Crippen LogP) is 6.18. The van der Waals surface area contributed by atoms with Crippen LogP contribution >= 0.6 is 0 Å². The van der Waals surface area contributed by atoms with Crippen LogP contribution in [0.15, 0.2) is 59.7 Å². The van der Waals surface area contributed by atoms with Crippen molar-refractivity contribution in [3.05, 3.63) is 76.2 Å². The number of rotatable bonds is 24. The van der Waals surface area contributed by atoms with Gasteiger partial charge in [-0.3, -0.25) is 24.1 Å². The first-order chi connectivity index (χ1) is 31.3. The van der Waals surface area contributed by atoms with Gasteiger partial charge in [-0.2, -0.15) is 0 Å². The number of azide groups is 1. The molecule has 0 aliphatic carbocycles. The average Bonchev–Trinajstić information content (AvgIpc) is 3.79. The molecular weight excluding hydrogens is 849 g/mol. The van der Waals surface area contributed by atoms with Gasteiger partial charge in [0.25, 0.3) is 0 Å². The molecule has 0 spiro atoms. The van der Waals surface area contributed by atoms with E-state index in [4.69, 9.17) is 24.5 Å². The summed E-state index contributed by atoms with van der Waals surface area (Å²) in [6, 6.07) is 11.9. The number of carbonyl (C=O) groups is 6. The summed E-state index contributed by atoms with van der Waals surface area (Å²) in [5, 5.41) is 9.32. The second kappa shape index (κ2) is 26.4. The summed E-state index contributed by atoms with van der Waals surface area (Å²) < 4.78 is 22.5. The summed E-state index contributed by atoms with van der Waals surface area (Å²) in [5.74, 6) is -3.73. The Hall–Kier alpha value is -5.71. The number of ether oxygens (including phenoxy) is 4. The molecule has 0 bridgehead atoms. The van der Waals surface area contributed by atoms with Gasteiger partial charge in [-0.05, 0) is 47.3 Å². The van der Waals surface area contributed by atoms with Crippen molar-refractivity contribution < 1.29 is 47.7 Å². The number of likely N-dealkylation sites (tertiary alicyclic amines) is 1. The summed E-state index contributed by atoms with van der Waals surface area (Å²) in [6.07, 6.45) is -0.0935. The van der Waals surface area contributed by atoms with Gasteiger partial charge in [0, 0.05) is 51.9 Å². The van der Waals surface area contributed by atoms with Crippen LogP contribution in [-0.4, -0.2) is 135 Å². The van der Waals surface area contributed by atoms with Crippen LogP contribution in [0.1, 0.15) is 85.3 Å². The Kier molecular flexibility index (Phi) is 21.9. The van der Waals surface area contributed by atoms with Crippen molar-refractivity contribution in [3.63, 3.8) is 0 Å². The van der Waals surface area contributed by atoms with Crippen molar-refractivity contribution in [2.75, 3.05) is 42.0 Å². The van der Waals surface area contributed by atoms with Gasteiger partial charge in [-0.25, -0.2) is 9.59 Å². The van der Waals surface area contributed by atoms with Crippen LogP contribution in [0.3, 0.4) is 0 Å². The van der Waals surface area contributed by atoms with Gasteiger partial charge in [0.05, 0.1) is 43.7 Å². The number of amides is 5. The fourth-order valence-electron chi connectivity index (χ4n) is 8.76. The maximum atomic E-state index is 14.6. The number of nitrogens with one attached hydrogen (secondary N) is 2. The van der Waals surface area contributed by atoms with Crippen molar-refractivity contribution in [2.24, 2.45) is 28.8 Å². The Labute approximate surface area is 390 Å². The highest BCUT2D eigenvalue weighted by Crippen LogP contribution is 2.30. The van der Waals surface area contributed by atoms with Crippen LogP contribution in [0.4, 0.5) is 10.5 Å². The topological polar surface area (TPSA) is 222 Å². The predicted molar refractivity (Wildman–Crippen MR) is 249 cm³/mol. The number of hydrogen-bond donors (Lipinski definition) is 2. The molecule has 3 rings (SSSR count). The normalized spacial score (nSPS) is 17.2. The van der Waals surface area contributed by atoms with E-state index in [1.807, 2.05) is 58.0 Å². The van der Waals surface area contributed by atoms with E-state index in [0.717, 1.165) is 5.56 Å². The summed E-state index contributed by atoms with van der Waals surface area (Å²) >= 11 is 0. The molecule has 1 aliphatic heterocycles. The van der Waals surface area contributed by atoms with Gasteiger partial charge in [-0.15, -0.1) is 0 Å². The molecule has 1 saturated heterocycles. The van der Waals surface area contributed by atoms with E-state index in [1.54, 1.807) is 61.9 Å². The van der Waals surface area contributed by atoms with Crippen LogP contribution in [-0.2, 0) is 55.9 Å². The maximum Gasteiger partial charge on any atom is 0.410 e. The van der Waals surface area contributed by atoms with Crippen LogP contribution in [0.25, 0.3) is 10.4 Å². The number of benzene rings is 2. The second-order valence-electron chi connectivity index (χ2n) is 17.8. The molecule has 18 heteroatoms. The molecule has 66 heavy (non-hydrogen) atoms. The highest BCUT2D eigenvalue weighted by atomic mass is 16.6. The molecule has 0 aromatic heterocycles. The molecular formula is C48H72N8O10. The third-order valence-corrected chi connectivity index (χ3v) is 12.6. The lowest BCUT2D eigenvalue weighted by molar-refractivity contribution is -0.149. The lowest BCUT2D eigenvalue weighted by Gasteiger charge is -2.41. The zero-order valence-electron chi connectivity index (χ0n) is 40.8. The Bertz CT molecular complexity index is 1960. The van der Waals surface area contributed by atoms with Crippen LogP contribution in [0, 0.1) is 23.7 Å². The lowest BCUT2D eigenvalue weighted by Crippen LogP contribution is -2.60. The molecule has 1 fully saturated rings. The van der Waals surface area contributed by atoms with Crippen molar-refractivity contribution >= 4 is 41.4 Å². The number of hydrogen-bond acceptors (Lipinski definition) is 11. The van der Waals surface area contributed by atoms with Crippen molar-refractivity contribution in [2.45, 2.75) is 130 Å². The number of likely N-dealkylation sites (N-methyl/N-ethyl adjacent to an activating group) is 2. The van der Waals surface area contributed by atoms with Gasteiger partial charge in [-0.1, -0.05) is 115 Å². The third-order valence-electron chi connectivity index (χ3n) is 12.6. The molecule has 0 unspecified atom stereocenters. The molecule has 2 aromatic carbocycles. The van der Waals surface area contributed by atoms with Crippen LogP contribution < -0.4 is 10.6 Å². The largest absolute Gasteiger partial charge is 0.467 e. The Balaban J connectivity index is 1.77. The van der Waals surface area contributed by atoms with Crippen molar-refractivity contribution in [1.29, 1.82) is 0 Å². The summed E-state index contributed by atoms with van der Waals surface area (Å²) in [6.45, 7) is 13.3. The molecule has 2 N–H and O–H groups in total. The van der Waals surface area contributed by atoms with E-state index in [9.17, 15) is 28.8 Å². The Morgan fingerprint density at radius 1 is 0.848 bits per heavy atom. The lowest BCUT2D eigenvalue weighted by atomic mass is 9.89. The minimum absolute atomic E-state index is 0.0723. The second-order valence-corrected chi connectivity index (χ2v) is 17.8. The summed E-state index contributed by atoms with van der Waals surface area (Å²) in [7, 11) is 7.40. The first-order valence-electron chi connectivity index (χ1n) is 22.7. The van der Waals surface area contributed by atoms with E-state index < -0.39 is 72.2 Å². The monoisotopic (exact) mass is 921 g/mol. The molecule has 2 aromatic rings. The average molecular weight is 921 g/mol. The molecule has 1 aliphatic rings. The van der Waals surface area contributed by atoms with Crippen molar-refractivity contribution in [1.82, 2.24) is 25.3 Å².